The Bertz CT molecular complexity index is 2160. The lowest BCUT2D eigenvalue weighted by atomic mass is 9.92. The summed E-state index contributed by atoms with van der Waals surface area (Å²) in [7, 11) is 0. The summed E-state index contributed by atoms with van der Waals surface area (Å²) in [5.41, 5.74) is 7.54. The van der Waals surface area contributed by atoms with Crippen LogP contribution in [0.25, 0.3) is 73.7 Å². The van der Waals surface area contributed by atoms with Crippen LogP contribution < -0.4 is 0 Å². The molecular weight excluding hydrogens is 523 g/mol. The third-order valence-corrected chi connectivity index (χ3v) is 9.98. The van der Waals surface area contributed by atoms with Crippen molar-refractivity contribution in [2.45, 2.75) is 0 Å². The second-order valence-electron chi connectivity index (χ2n) is 10.1. The monoisotopic (exact) mass is 543 g/mol. The zero-order valence-electron chi connectivity index (χ0n) is 21.4. The van der Waals surface area contributed by atoms with Crippen molar-refractivity contribution >= 4 is 63.0 Å². The molecule has 0 bridgehead atoms. The number of nitrogens with zero attached hydrogens (tertiary/aromatic N) is 1. The van der Waals surface area contributed by atoms with Crippen LogP contribution >= 0.6 is 22.7 Å². The van der Waals surface area contributed by atoms with Crippen LogP contribution in [-0.4, -0.2) is 0 Å². The average molecular weight is 544 g/mol. The van der Waals surface area contributed by atoms with Gasteiger partial charge in [-0.15, -0.1) is 22.7 Å². The summed E-state index contributed by atoms with van der Waals surface area (Å²) in [4.78, 5) is 0. The van der Waals surface area contributed by atoms with Crippen LogP contribution in [0, 0.1) is 11.3 Å². The fourth-order valence-corrected chi connectivity index (χ4v) is 7.88. The predicted molar refractivity (Wildman–Crippen MR) is 173 cm³/mol. The Balaban J connectivity index is 1.36. The number of thiophene rings is 2. The lowest BCUT2D eigenvalue weighted by Gasteiger charge is -2.12. The van der Waals surface area contributed by atoms with E-state index in [1.807, 2.05) is 40.9 Å². The molecule has 0 saturated heterocycles. The molecule has 2 heterocycles. The van der Waals surface area contributed by atoms with Crippen LogP contribution in [0.3, 0.4) is 0 Å². The molecule has 0 aliphatic heterocycles. The van der Waals surface area contributed by atoms with Crippen molar-refractivity contribution in [2.24, 2.45) is 0 Å². The van der Waals surface area contributed by atoms with Gasteiger partial charge < -0.3 is 0 Å². The number of rotatable bonds is 3. The summed E-state index contributed by atoms with van der Waals surface area (Å²) < 4.78 is 5.23. The quantitative estimate of drug-likeness (QED) is 0.217. The van der Waals surface area contributed by atoms with Gasteiger partial charge in [-0.05, 0) is 100 Å². The van der Waals surface area contributed by atoms with Crippen molar-refractivity contribution in [2.75, 3.05) is 0 Å². The molecule has 0 fully saturated rings. The Hall–Kier alpha value is -4.75. The fraction of sp³-hybridized carbons (Fsp3) is 0. The highest BCUT2D eigenvalue weighted by Crippen LogP contribution is 2.40. The minimum atomic E-state index is 0.668. The SMILES string of the molecule is N#Cc1cccc(-c2cc(-c3ccc4sc5ccccc5c4c3)cc(-c3ccc4sc5ccccc5c4c3)c2)c1. The molecule has 0 aliphatic carbocycles. The molecule has 3 heteroatoms. The zero-order chi connectivity index (χ0) is 26.6. The largest absolute Gasteiger partial charge is 0.192 e. The van der Waals surface area contributed by atoms with Crippen molar-refractivity contribution in [3.63, 3.8) is 0 Å². The first-order valence-corrected chi connectivity index (χ1v) is 14.9. The number of benzene rings is 6. The third kappa shape index (κ3) is 3.81. The molecule has 0 radical (unpaired) electrons. The van der Waals surface area contributed by atoms with E-state index in [4.69, 9.17) is 0 Å². The molecular formula is C37H21NS2. The Morgan fingerprint density at radius 1 is 0.375 bits per heavy atom. The number of fused-ring (bicyclic) bond motifs is 6. The molecule has 8 rings (SSSR count). The van der Waals surface area contributed by atoms with Gasteiger partial charge in [-0.3, -0.25) is 0 Å². The summed E-state index contributed by atoms with van der Waals surface area (Å²) in [6.45, 7) is 0. The first kappa shape index (κ1) is 23.2. The molecule has 6 aromatic carbocycles. The van der Waals surface area contributed by atoms with Gasteiger partial charge in [-0.2, -0.15) is 5.26 Å². The normalized spacial score (nSPS) is 11.5. The van der Waals surface area contributed by atoms with Gasteiger partial charge >= 0.3 is 0 Å². The zero-order valence-corrected chi connectivity index (χ0v) is 23.0. The van der Waals surface area contributed by atoms with E-state index in [9.17, 15) is 5.26 Å². The third-order valence-electron chi connectivity index (χ3n) is 7.68. The maximum Gasteiger partial charge on any atom is 0.0991 e. The molecule has 2 aromatic heterocycles. The molecule has 0 unspecified atom stereocenters. The Kier molecular flexibility index (Phi) is 5.31. The van der Waals surface area contributed by atoms with Gasteiger partial charge in [0.05, 0.1) is 11.6 Å². The van der Waals surface area contributed by atoms with Crippen LogP contribution in [0.4, 0.5) is 0 Å². The highest BCUT2D eigenvalue weighted by atomic mass is 32.1. The van der Waals surface area contributed by atoms with Crippen LogP contribution in [0.2, 0.25) is 0 Å². The Labute approximate surface area is 239 Å². The summed E-state index contributed by atoms with van der Waals surface area (Å²) in [5.74, 6) is 0. The van der Waals surface area contributed by atoms with Gasteiger partial charge in [-0.25, -0.2) is 0 Å². The van der Waals surface area contributed by atoms with Crippen molar-refractivity contribution in [3.8, 4) is 39.4 Å². The molecule has 0 spiro atoms. The minimum absolute atomic E-state index is 0.668. The number of hydrogen-bond donors (Lipinski definition) is 0. The highest BCUT2D eigenvalue weighted by molar-refractivity contribution is 7.26. The summed E-state index contributed by atoms with van der Waals surface area (Å²) in [6, 6.07) is 47.9. The average Bonchev–Trinajstić information content (AvgIpc) is 3.58. The standard InChI is InChI=1S/C37H21NS2/c38-22-23-6-5-7-24(16-23)27-17-28(25-12-14-36-32(20-25)30-8-1-3-10-34(30)39-36)19-29(18-27)26-13-15-37-33(21-26)31-9-2-4-11-35(31)40-37/h1-21H. The Morgan fingerprint density at radius 2 is 0.850 bits per heavy atom. The molecule has 0 atom stereocenters. The van der Waals surface area contributed by atoms with E-state index >= 15 is 0 Å². The van der Waals surface area contributed by atoms with E-state index in [2.05, 4.69) is 115 Å². The smallest absolute Gasteiger partial charge is 0.0991 e. The molecule has 8 aromatic rings. The summed E-state index contributed by atoms with van der Waals surface area (Å²) in [5, 5.41) is 14.8. The molecule has 0 aliphatic rings. The first-order valence-electron chi connectivity index (χ1n) is 13.2. The van der Waals surface area contributed by atoms with E-state index in [0.29, 0.717) is 5.56 Å². The van der Waals surface area contributed by atoms with Crippen LogP contribution in [0.1, 0.15) is 5.56 Å². The maximum atomic E-state index is 9.56. The van der Waals surface area contributed by atoms with E-state index < -0.39 is 0 Å². The lowest BCUT2D eigenvalue weighted by molar-refractivity contribution is 1.48. The van der Waals surface area contributed by atoms with Crippen LogP contribution in [0.5, 0.6) is 0 Å². The van der Waals surface area contributed by atoms with Gasteiger partial charge in [0.2, 0.25) is 0 Å². The van der Waals surface area contributed by atoms with E-state index in [1.54, 1.807) is 0 Å². The van der Waals surface area contributed by atoms with Crippen molar-refractivity contribution < 1.29 is 0 Å². The number of hydrogen-bond acceptors (Lipinski definition) is 3. The predicted octanol–water partition coefficient (Wildman–Crippen LogP) is 11.3. The summed E-state index contributed by atoms with van der Waals surface area (Å²) >= 11 is 3.69. The van der Waals surface area contributed by atoms with Crippen LogP contribution in [-0.2, 0) is 0 Å². The minimum Gasteiger partial charge on any atom is -0.192 e. The second-order valence-corrected chi connectivity index (χ2v) is 12.3. The lowest BCUT2D eigenvalue weighted by Crippen LogP contribution is -1.87. The van der Waals surface area contributed by atoms with Gasteiger partial charge in [0.1, 0.15) is 0 Å². The fourth-order valence-electron chi connectivity index (χ4n) is 5.71. The van der Waals surface area contributed by atoms with Gasteiger partial charge in [0.25, 0.3) is 0 Å². The van der Waals surface area contributed by atoms with Gasteiger partial charge in [-0.1, -0.05) is 60.7 Å². The van der Waals surface area contributed by atoms with E-state index in [0.717, 1.165) is 11.1 Å². The summed E-state index contributed by atoms with van der Waals surface area (Å²) in [6.07, 6.45) is 0. The topological polar surface area (TPSA) is 23.8 Å². The van der Waals surface area contributed by atoms with Gasteiger partial charge in [0, 0.05) is 40.3 Å². The number of nitriles is 1. The maximum absolute atomic E-state index is 9.56. The van der Waals surface area contributed by atoms with Crippen molar-refractivity contribution in [1.82, 2.24) is 0 Å². The second kappa shape index (κ2) is 9.17. The molecule has 40 heavy (non-hydrogen) atoms. The van der Waals surface area contributed by atoms with Crippen molar-refractivity contribution in [1.29, 1.82) is 5.26 Å². The van der Waals surface area contributed by atoms with E-state index in [-0.39, 0.29) is 0 Å². The van der Waals surface area contributed by atoms with Crippen LogP contribution in [0.15, 0.2) is 127 Å². The molecule has 0 N–H and O–H groups in total. The Morgan fingerprint density at radius 3 is 1.38 bits per heavy atom. The molecule has 0 amide bonds. The molecule has 0 saturated carbocycles. The first-order chi connectivity index (χ1) is 19.7. The molecule has 1 nitrogen and oxygen atoms in total. The van der Waals surface area contributed by atoms with Gasteiger partial charge in [0.15, 0.2) is 0 Å². The molecule has 186 valence electrons. The van der Waals surface area contributed by atoms with E-state index in [1.165, 1.54) is 62.6 Å². The highest BCUT2D eigenvalue weighted by Gasteiger charge is 2.12. The van der Waals surface area contributed by atoms with Crippen molar-refractivity contribution in [3.05, 3.63) is 133 Å².